The minimum absolute atomic E-state index is 0.0422. The highest BCUT2D eigenvalue weighted by atomic mass is 19.1. The summed E-state index contributed by atoms with van der Waals surface area (Å²) in [6.07, 6.45) is 0.234. The molecule has 0 radical (unpaired) electrons. The second-order valence-electron chi connectivity index (χ2n) is 7.38. The number of amides is 2. The Labute approximate surface area is 182 Å². The van der Waals surface area contributed by atoms with Crippen LogP contribution in [0.2, 0.25) is 0 Å². The third kappa shape index (κ3) is 4.74. The number of rotatable bonds is 7. The van der Waals surface area contributed by atoms with Crippen molar-refractivity contribution in [2.75, 3.05) is 13.7 Å². The van der Waals surface area contributed by atoms with E-state index in [1.54, 1.807) is 17.0 Å². The van der Waals surface area contributed by atoms with Crippen LogP contribution in [0.25, 0.3) is 0 Å². The fraction of sp³-hybridized carbons (Fsp3) is 0.273. The number of aromatic nitrogens is 2. The molecule has 1 aromatic heterocycles. The van der Waals surface area contributed by atoms with E-state index in [-0.39, 0.29) is 47.8 Å². The van der Waals surface area contributed by atoms with Gasteiger partial charge in [0.1, 0.15) is 5.82 Å². The molecule has 8 nitrogen and oxygen atoms in total. The van der Waals surface area contributed by atoms with Crippen LogP contribution in [-0.2, 0) is 17.9 Å². The van der Waals surface area contributed by atoms with E-state index in [0.29, 0.717) is 18.9 Å². The standard InChI is InChI=1S/C22H20F2N4O4/c1-31-18-7-4-14(8-17(18)24)22(30)25-10-19-26-21(27-32-19)15-9-20(29)28(12-15)11-13-2-5-16(23)6-3-13/h2-8,15H,9-12H2,1H3,(H,25,30)/t15-/m1/s1. The molecule has 1 aliphatic heterocycles. The second kappa shape index (κ2) is 9.13. The van der Waals surface area contributed by atoms with Gasteiger partial charge in [0.15, 0.2) is 17.4 Å². The molecule has 0 aliphatic carbocycles. The van der Waals surface area contributed by atoms with Gasteiger partial charge in [0.25, 0.3) is 5.91 Å². The Morgan fingerprint density at radius 3 is 2.75 bits per heavy atom. The van der Waals surface area contributed by atoms with E-state index in [9.17, 15) is 18.4 Å². The quantitative estimate of drug-likeness (QED) is 0.604. The molecule has 166 valence electrons. The summed E-state index contributed by atoms with van der Waals surface area (Å²) in [5, 5.41) is 6.52. The van der Waals surface area contributed by atoms with Gasteiger partial charge in [-0.1, -0.05) is 17.3 Å². The number of hydrogen-bond acceptors (Lipinski definition) is 6. The van der Waals surface area contributed by atoms with Gasteiger partial charge in [-0.15, -0.1) is 0 Å². The number of hydrogen-bond donors (Lipinski definition) is 1. The van der Waals surface area contributed by atoms with E-state index >= 15 is 0 Å². The highest BCUT2D eigenvalue weighted by Crippen LogP contribution is 2.27. The Morgan fingerprint density at radius 2 is 2.03 bits per heavy atom. The van der Waals surface area contributed by atoms with Crippen molar-refractivity contribution in [1.82, 2.24) is 20.4 Å². The molecule has 1 atom stereocenters. The lowest BCUT2D eigenvalue weighted by Crippen LogP contribution is -2.24. The monoisotopic (exact) mass is 442 g/mol. The maximum absolute atomic E-state index is 13.8. The first-order valence-electron chi connectivity index (χ1n) is 9.89. The van der Waals surface area contributed by atoms with Crippen LogP contribution in [0.3, 0.4) is 0 Å². The van der Waals surface area contributed by atoms with Gasteiger partial charge in [-0.3, -0.25) is 9.59 Å². The van der Waals surface area contributed by atoms with Crippen molar-refractivity contribution in [2.45, 2.75) is 25.4 Å². The van der Waals surface area contributed by atoms with Crippen molar-refractivity contribution in [2.24, 2.45) is 0 Å². The van der Waals surface area contributed by atoms with Crippen LogP contribution in [-0.4, -0.2) is 40.5 Å². The zero-order chi connectivity index (χ0) is 22.7. The Morgan fingerprint density at radius 1 is 1.25 bits per heavy atom. The summed E-state index contributed by atoms with van der Waals surface area (Å²) in [6, 6.07) is 9.87. The molecule has 0 unspecified atom stereocenters. The number of likely N-dealkylation sites (tertiary alicyclic amines) is 1. The Balaban J connectivity index is 1.33. The Bertz CT molecular complexity index is 1130. The largest absolute Gasteiger partial charge is 0.494 e. The summed E-state index contributed by atoms with van der Waals surface area (Å²) < 4.78 is 36.9. The normalized spacial score (nSPS) is 15.8. The highest BCUT2D eigenvalue weighted by molar-refractivity contribution is 5.94. The van der Waals surface area contributed by atoms with E-state index in [1.807, 2.05) is 0 Å². The van der Waals surface area contributed by atoms with Crippen LogP contribution in [0, 0.1) is 11.6 Å². The van der Waals surface area contributed by atoms with Crippen molar-refractivity contribution in [3.63, 3.8) is 0 Å². The molecule has 1 saturated heterocycles. The number of carbonyl (C=O) groups excluding carboxylic acids is 2. The Hall–Kier alpha value is -3.82. The molecule has 3 aromatic rings. The van der Waals surface area contributed by atoms with Crippen molar-refractivity contribution >= 4 is 11.8 Å². The van der Waals surface area contributed by atoms with E-state index in [0.717, 1.165) is 11.6 Å². The average molecular weight is 442 g/mol. The molecule has 2 heterocycles. The zero-order valence-electron chi connectivity index (χ0n) is 17.2. The molecular formula is C22H20F2N4O4. The third-order valence-corrected chi connectivity index (χ3v) is 5.16. The SMILES string of the molecule is COc1ccc(C(=O)NCc2nc([C@@H]3CC(=O)N(Cc4ccc(F)cc4)C3)no2)cc1F. The first kappa shape index (κ1) is 21.4. The van der Waals surface area contributed by atoms with Crippen LogP contribution in [0.1, 0.15) is 40.0 Å². The van der Waals surface area contributed by atoms with Crippen LogP contribution < -0.4 is 10.1 Å². The molecule has 2 aromatic carbocycles. The Kier molecular flexibility index (Phi) is 6.11. The summed E-state index contributed by atoms with van der Waals surface area (Å²) in [7, 11) is 1.34. The van der Waals surface area contributed by atoms with Gasteiger partial charge in [-0.25, -0.2) is 8.78 Å². The molecule has 1 fully saturated rings. The lowest BCUT2D eigenvalue weighted by Gasteiger charge is -2.16. The molecule has 0 bridgehead atoms. The van der Waals surface area contributed by atoms with E-state index < -0.39 is 11.7 Å². The van der Waals surface area contributed by atoms with Gasteiger partial charge in [-0.2, -0.15) is 4.98 Å². The van der Waals surface area contributed by atoms with E-state index in [1.165, 1.54) is 31.4 Å². The van der Waals surface area contributed by atoms with Crippen LogP contribution in [0.4, 0.5) is 8.78 Å². The second-order valence-corrected chi connectivity index (χ2v) is 7.38. The van der Waals surface area contributed by atoms with E-state index in [4.69, 9.17) is 9.26 Å². The number of benzene rings is 2. The number of nitrogens with one attached hydrogen (secondary N) is 1. The smallest absolute Gasteiger partial charge is 0.251 e. The molecule has 1 N–H and O–H groups in total. The molecule has 32 heavy (non-hydrogen) atoms. The minimum Gasteiger partial charge on any atom is -0.494 e. The van der Waals surface area contributed by atoms with Gasteiger partial charge in [0, 0.05) is 31.0 Å². The summed E-state index contributed by atoms with van der Waals surface area (Å²) in [5.41, 5.74) is 0.952. The van der Waals surface area contributed by atoms with Gasteiger partial charge < -0.3 is 19.5 Å². The van der Waals surface area contributed by atoms with Crippen molar-refractivity contribution in [3.05, 3.63) is 76.9 Å². The molecule has 2 amide bonds. The van der Waals surface area contributed by atoms with Crippen LogP contribution in [0.15, 0.2) is 47.0 Å². The van der Waals surface area contributed by atoms with Gasteiger partial charge in [0.05, 0.1) is 13.7 Å². The topological polar surface area (TPSA) is 97.6 Å². The lowest BCUT2D eigenvalue weighted by atomic mass is 10.1. The van der Waals surface area contributed by atoms with Crippen molar-refractivity contribution in [3.8, 4) is 5.75 Å². The zero-order valence-corrected chi connectivity index (χ0v) is 17.2. The predicted molar refractivity (Wildman–Crippen MR) is 108 cm³/mol. The fourth-order valence-electron chi connectivity index (χ4n) is 3.48. The van der Waals surface area contributed by atoms with Crippen molar-refractivity contribution < 1.29 is 27.6 Å². The predicted octanol–water partition coefficient (Wildman–Crippen LogP) is 2.80. The number of carbonyl (C=O) groups is 2. The maximum Gasteiger partial charge on any atom is 0.251 e. The first-order chi connectivity index (χ1) is 15.4. The summed E-state index contributed by atoms with van der Waals surface area (Å²) >= 11 is 0. The number of ether oxygens (including phenoxy) is 1. The lowest BCUT2D eigenvalue weighted by molar-refractivity contribution is -0.128. The first-order valence-corrected chi connectivity index (χ1v) is 9.89. The molecule has 4 rings (SSSR count). The fourth-order valence-corrected chi connectivity index (χ4v) is 3.48. The van der Waals surface area contributed by atoms with Crippen LogP contribution >= 0.6 is 0 Å². The average Bonchev–Trinajstić information content (AvgIpc) is 3.40. The summed E-state index contributed by atoms with van der Waals surface area (Å²) in [4.78, 5) is 30.5. The van der Waals surface area contributed by atoms with Crippen molar-refractivity contribution in [1.29, 1.82) is 0 Å². The van der Waals surface area contributed by atoms with Gasteiger partial charge in [0.2, 0.25) is 11.8 Å². The highest BCUT2D eigenvalue weighted by Gasteiger charge is 2.33. The molecule has 1 aliphatic rings. The molecule has 0 saturated carbocycles. The minimum atomic E-state index is -0.642. The van der Waals surface area contributed by atoms with Gasteiger partial charge in [-0.05, 0) is 35.9 Å². The maximum atomic E-state index is 13.8. The number of methoxy groups -OCH3 is 1. The van der Waals surface area contributed by atoms with E-state index in [2.05, 4.69) is 15.5 Å². The summed E-state index contributed by atoms with van der Waals surface area (Å²) in [6.45, 7) is 0.737. The third-order valence-electron chi connectivity index (χ3n) is 5.16. The van der Waals surface area contributed by atoms with Crippen LogP contribution in [0.5, 0.6) is 5.75 Å². The number of halogens is 2. The molecular weight excluding hydrogens is 422 g/mol. The molecule has 10 heteroatoms. The number of nitrogens with zero attached hydrogens (tertiary/aromatic N) is 3. The summed E-state index contributed by atoms with van der Waals surface area (Å²) in [5.74, 6) is -1.19. The van der Waals surface area contributed by atoms with Gasteiger partial charge >= 0.3 is 0 Å². The molecule has 0 spiro atoms.